The summed E-state index contributed by atoms with van der Waals surface area (Å²) in [5.74, 6) is -2.39. The first-order valence-electron chi connectivity index (χ1n) is 8.18. The lowest BCUT2D eigenvalue weighted by molar-refractivity contribution is -0.553. The molecule has 0 aliphatic heterocycles. The van der Waals surface area contributed by atoms with Crippen molar-refractivity contribution >= 4 is 17.3 Å². The Morgan fingerprint density at radius 1 is 0.926 bits per heavy atom. The number of nitro benzene ring substituents is 1. The van der Waals surface area contributed by atoms with Crippen molar-refractivity contribution in [2.75, 3.05) is 0 Å². The summed E-state index contributed by atoms with van der Waals surface area (Å²) in [5.41, 5.74) is -3.73. The Bertz CT molecular complexity index is 957. The number of benzene rings is 2. The summed E-state index contributed by atoms with van der Waals surface area (Å²) in [6, 6.07) is 13.2. The van der Waals surface area contributed by atoms with E-state index in [0.717, 1.165) is 13.8 Å². The third-order valence-corrected chi connectivity index (χ3v) is 5.40. The Hall–Kier alpha value is -3.42. The van der Waals surface area contributed by atoms with Gasteiger partial charge < -0.3 is 0 Å². The molecule has 0 spiro atoms. The van der Waals surface area contributed by atoms with Crippen LogP contribution in [0.1, 0.15) is 30.9 Å². The van der Waals surface area contributed by atoms with E-state index >= 15 is 0 Å². The van der Waals surface area contributed by atoms with E-state index in [1.165, 1.54) is 36.4 Å². The second kappa shape index (κ2) is 6.08. The molecule has 0 bridgehead atoms. The van der Waals surface area contributed by atoms with Gasteiger partial charge in [0.15, 0.2) is 17.0 Å². The van der Waals surface area contributed by atoms with Gasteiger partial charge in [-0.05, 0) is 19.4 Å². The van der Waals surface area contributed by atoms with Crippen molar-refractivity contribution in [3.63, 3.8) is 0 Å². The van der Waals surface area contributed by atoms with Gasteiger partial charge >= 0.3 is 0 Å². The minimum absolute atomic E-state index is 0.218. The molecule has 0 amide bonds. The van der Waals surface area contributed by atoms with Gasteiger partial charge in [0.25, 0.3) is 11.2 Å². The van der Waals surface area contributed by atoms with Crippen molar-refractivity contribution in [2.45, 2.75) is 25.3 Å². The van der Waals surface area contributed by atoms with Crippen LogP contribution in [0.4, 0.5) is 5.69 Å². The lowest BCUT2D eigenvalue weighted by Gasteiger charge is -2.15. The van der Waals surface area contributed by atoms with Gasteiger partial charge in [-0.15, -0.1) is 0 Å². The Labute approximate surface area is 154 Å². The average molecular weight is 368 g/mol. The molecule has 2 unspecified atom stereocenters. The molecule has 0 aromatic heterocycles. The first kappa shape index (κ1) is 18.4. The number of rotatable bonds is 6. The van der Waals surface area contributed by atoms with Gasteiger partial charge in [-0.2, -0.15) is 0 Å². The number of ketones is 2. The van der Waals surface area contributed by atoms with Crippen LogP contribution in [0.25, 0.3) is 0 Å². The summed E-state index contributed by atoms with van der Waals surface area (Å²) < 4.78 is 0. The maximum atomic E-state index is 12.6. The first-order valence-corrected chi connectivity index (χ1v) is 8.18. The molecule has 1 fully saturated rings. The molecule has 2 aromatic carbocycles. The van der Waals surface area contributed by atoms with E-state index in [4.69, 9.17) is 0 Å². The van der Waals surface area contributed by atoms with Gasteiger partial charge in [-0.25, -0.2) is 0 Å². The van der Waals surface area contributed by atoms with E-state index in [-0.39, 0.29) is 16.8 Å². The normalized spacial score (nSPS) is 22.7. The van der Waals surface area contributed by atoms with Crippen LogP contribution in [0, 0.1) is 25.6 Å². The van der Waals surface area contributed by atoms with Crippen LogP contribution >= 0.6 is 0 Å². The lowest BCUT2D eigenvalue weighted by Crippen LogP contribution is -2.36. The number of hydrogen-bond acceptors (Lipinski definition) is 6. The molecule has 3 rings (SSSR count). The Kier molecular flexibility index (Phi) is 4.14. The number of carbonyl (C=O) groups excluding carboxylic acids is 2. The van der Waals surface area contributed by atoms with Crippen molar-refractivity contribution < 1.29 is 19.4 Å². The summed E-state index contributed by atoms with van der Waals surface area (Å²) in [5, 5.41) is 23.4. The molecule has 27 heavy (non-hydrogen) atoms. The maximum absolute atomic E-state index is 12.6. The van der Waals surface area contributed by atoms with E-state index in [0.29, 0.717) is 0 Å². The van der Waals surface area contributed by atoms with Crippen molar-refractivity contribution in [3.05, 3.63) is 86.0 Å². The van der Waals surface area contributed by atoms with Gasteiger partial charge in [0.1, 0.15) is 0 Å². The van der Waals surface area contributed by atoms with E-state index < -0.39 is 38.3 Å². The molecule has 1 aliphatic carbocycles. The first-order chi connectivity index (χ1) is 12.7. The monoisotopic (exact) mass is 368 g/mol. The molecular formula is C19H16N2O6. The highest BCUT2D eigenvalue weighted by molar-refractivity contribution is 6.12. The van der Waals surface area contributed by atoms with E-state index in [2.05, 4.69) is 0 Å². The molecule has 1 aliphatic rings. The highest BCUT2D eigenvalue weighted by Gasteiger charge is 2.92. The lowest BCUT2D eigenvalue weighted by atomic mass is 9.87. The van der Waals surface area contributed by atoms with E-state index in [1.807, 2.05) is 0 Å². The third-order valence-electron chi connectivity index (χ3n) is 5.40. The highest BCUT2D eigenvalue weighted by atomic mass is 16.6. The number of carbonyl (C=O) groups is 2. The Balaban J connectivity index is 2.35. The van der Waals surface area contributed by atoms with Gasteiger partial charge in [0.05, 0.1) is 10.8 Å². The number of nitro groups is 2. The van der Waals surface area contributed by atoms with Crippen LogP contribution in [0.15, 0.2) is 54.6 Å². The number of nitrogens with zero attached hydrogens (tertiary/aromatic N) is 2. The molecule has 8 nitrogen and oxygen atoms in total. The molecule has 2 atom stereocenters. The number of hydrogen-bond donors (Lipinski definition) is 0. The number of non-ortho nitro benzene ring substituents is 1. The largest absolute Gasteiger partial charge is 0.299 e. The standard InChI is InChI=1S/C19H16N2O6/c1-12(22)18(13(2)23)17(14-7-6-10-16(11-14)20(24)25)19(18,21(26)27)15-8-4-3-5-9-15/h3-11,17H,1-2H3. The van der Waals surface area contributed by atoms with Crippen molar-refractivity contribution in [3.8, 4) is 0 Å². The topological polar surface area (TPSA) is 120 Å². The zero-order valence-corrected chi connectivity index (χ0v) is 14.6. The molecule has 138 valence electrons. The molecule has 2 aromatic rings. The molecule has 0 radical (unpaired) electrons. The molecule has 1 saturated carbocycles. The summed E-state index contributed by atoms with van der Waals surface area (Å²) in [6.07, 6.45) is 0. The zero-order chi connectivity index (χ0) is 20.0. The predicted molar refractivity (Wildman–Crippen MR) is 94.7 cm³/mol. The molecule has 8 heteroatoms. The summed E-state index contributed by atoms with van der Waals surface area (Å²) >= 11 is 0. The van der Waals surface area contributed by atoms with Crippen molar-refractivity contribution in [1.82, 2.24) is 0 Å². The second-order valence-electron chi connectivity index (χ2n) is 6.60. The van der Waals surface area contributed by atoms with E-state index in [1.54, 1.807) is 18.2 Å². The van der Waals surface area contributed by atoms with Crippen molar-refractivity contribution in [1.29, 1.82) is 0 Å². The predicted octanol–water partition coefficient (Wildman–Crippen LogP) is 3.03. The fraction of sp³-hybridized carbons (Fsp3) is 0.263. The molecule has 0 N–H and O–H groups in total. The third kappa shape index (κ3) is 2.22. The van der Waals surface area contributed by atoms with Crippen LogP contribution in [0.3, 0.4) is 0 Å². The molecule has 0 heterocycles. The smallest absolute Gasteiger partial charge is 0.275 e. The second-order valence-corrected chi connectivity index (χ2v) is 6.60. The molecular weight excluding hydrogens is 352 g/mol. The van der Waals surface area contributed by atoms with Crippen LogP contribution in [-0.4, -0.2) is 21.4 Å². The van der Waals surface area contributed by atoms with E-state index in [9.17, 15) is 29.8 Å². The Morgan fingerprint density at radius 2 is 1.52 bits per heavy atom. The van der Waals surface area contributed by atoms with Gasteiger partial charge in [-0.3, -0.25) is 29.8 Å². The summed E-state index contributed by atoms with van der Waals surface area (Å²) in [6.45, 7) is 2.31. The van der Waals surface area contributed by atoms with Crippen LogP contribution in [0.5, 0.6) is 0 Å². The highest BCUT2D eigenvalue weighted by Crippen LogP contribution is 2.75. The minimum atomic E-state index is -2.00. The number of Topliss-reactive ketones (excluding diaryl/α,β-unsaturated/α-hetero) is 2. The summed E-state index contributed by atoms with van der Waals surface area (Å²) in [4.78, 5) is 47.4. The Morgan fingerprint density at radius 3 is 2.00 bits per heavy atom. The average Bonchev–Trinajstić information content (AvgIpc) is 3.30. The SMILES string of the molecule is CC(=O)C1(C(C)=O)C(c2cccc([N+](=O)[O-])c2)C1(c1ccccc1)[N+](=O)[O-]. The summed E-state index contributed by atoms with van der Waals surface area (Å²) in [7, 11) is 0. The quantitative estimate of drug-likeness (QED) is 0.439. The maximum Gasteiger partial charge on any atom is 0.275 e. The van der Waals surface area contributed by atoms with Gasteiger partial charge in [-0.1, -0.05) is 42.5 Å². The fourth-order valence-electron chi connectivity index (χ4n) is 4.40. The fourth-order valence-corrected chi connectivity index (χ4v) is 4.40. The molecule has 0 saturated heterocycles. The van der Waals surface area contributed by atoms with Gasteiger partial charge in [0, 0.05) is 22.6 Å². The van der Waals surface area contributed by atoms with Crippen LogP contribution < -0.4 is 0 Å². The van der Waals surface area contributed by atoms with Crippen LogP contribution in [0.2, 0.25) is 0 Å². The van der Waals surface area contributed by atoms with Crippen LogP contribution in [-0.2, 0) is 15.1 Å². The van der Waals surface area contributed by atoms with Gasteiger partial charge in [0.2, 0.25) is 0 Å². The van der Waals surface area contributed by atoms with Crippen molar-refractivity contribution in [2.24, 2.45) is 5.41 Å². The zero-order valence-electron chi connectivity index (χ0n) is 14.6. The minimum Gasteiger partial charge on any atom is -0.299 e.